The summed E-state index contributed by atoms with van der Waals surface area (Å²) in [6, 6.07) is 0.146. The summed E-state index contributed by atoms with van der Waals surface area (Å²) in [4.78, 5) is 2.29. The van der Waals surface area contributed by atoms with Gasteiger partial charge in [-0.05, 0) is 27.2 Å². The fourth-order valence-electron chi connectivity index (χ4n) is 2.26. The number of aryl methyl sites for hydroxylation is 2. The second kappa shape index (κ2) is 6.75. The maximum atomic E-state index is 5.93. The summed E-state index contributed by atoms with van der Waals surface area (Å²) in [5.74, 6) is 1.17. The van der Waals surface area contributed by atoms with Gasteiger partial charge in [-0.15, -0.1) is 0 Å². The van der Waals surface area contributed by atoms with E-state index in [0.29, 0.717) is 0 Å². The zero-order chi connectivity index (χ0) is 13.7. The highest BCUT2D eigenvalue weighted by Crippen LogP contribution is 2.24. The SMILES string of the molecule is CCN(CCOC)c1c(CC(C)N)c(C)nn1C. The van der Waals surface area contributed by atoms with Gasteiger partial charge in [-0.1, -0.05) is 0 Å². The van der Waals surface area contributed by atoms with E-state index in [1.54, 1.807) is 7.11 Å². The Morgan fingerprint density at radius 2 is 2.17 bits per heavy atom. The Kier molecular flexibility index (Phi) is 5.62. The number of methoxy groups -OCH3 is 1. The van der Waals surface area contributed by atoms with Crippen molar-refractivity contribution in [3.63, 3.8) is 0 Å². The van der Waals surface area contributed by atoms with Gasteiger partial charge >= 0.3 is 0 Å². The Labute approximate surface area is 110 Å². The van der Waals surface area contributed by atoms with Crippen molar-refractivity contribution in [1.82, 2.24) is 9.78 Å². The van der Waals surface area contributed by atoms with E-state index >= 15 is 0 Å². The highest BCUT2D eigenvalue weighted by molar-refractivity contribution is 5.50. The maximum Gasteiger partial charge on any atom is 0.130 e. The van der Waals surface area contributed by atoms with E-state index in [2.05, 4.69) is 16.9 Å². The summed E-state index contributed by atoms with van der Waals surface area (Å²) >= 11 is 0. The van der Waals surface area contributed by atoms with Gasteiger partial charge in [0.1, 0.15) is 5.82 Å². The number of hydrogen-bond donors (Lipinski definition) is 1. The predicted molar refractivity (Wildman–Crippen MR) is 75.1 cm³/mol. The van der Waals surface area contributed by atoms with Crippen molar-refractivity contribution in [2.45, 2.75) is 33.2 Å². The standard InChI is InChI=1S/C13H26N4O/c1-6-17(7-8-18-5)13-12(9-10(2)14)11(3)15-16(13)4/h10H,6-9,14H2,1-5H3. The summed E-state index contributed by atoms with van der Waals surface area (Å²) in [5.41, 5.74) is 8.26. The molecular formula is C13H26N4O. The van der Waals surface area contributed by atoms with Gasteiger partial charge in [-0.3, -0.25) is 4.68 Å². The molecule has 1 atom stereocenters. The largest absolute Gasteiger partial charge is 0.383 e. The molecule has 0 spiro atoms. The van der Waals surface area contributed by atoms with Crippen LogP contribution in [0.4, 0.5) is 5.82 Å². The van der Waals surface area contributed by atoms with Crippen molar-refractivity contribution in [2.24, 2.45) is 12.8 Å². The van der Waals surface area contributed by atoms with Crippen molar-refractivity contribution in [3.05, 3.63) is 11.3 Å². The van der Waals surface area contributed by atoms with Crippen LogP contribution in [0, 0.1) is 6.92 Å². The van der Waals surface area contributed by atoms with Gasteiger partial charge in [0.15, 0.2) is 0 Å². The van der Waals surface area contributed by atoms with Crippen molar-refractivity contribution < 1.29 is 4.74 Å². The van der Waals surface area contributed by atoms with E-state index in [4.69, 9.17) is 10.5 Å². The van der Waals surface area contributed by atoms with Crippen LogP contribution >= 0.6 is 0 Å². The van der Waals surface area contributed by atoms with Gasteiger partial charge in [0, 0.05) is 38.9 Å². The van der Waals surface area contributed by atoms with E-state index < -0.39 is 0 Å². The number of nitrogens with two attached hydrogens (primary N) is 1. The van der Waals surface area contributed by atoms with Crippen molar-refractivity contribution in [2.75, 3.05) is 31.7 Å². The molecular weight excluding hydrogens is 228 g/mol. The molecule has 104 valence electrons. The second-order valence-electron chi connectivity index (χ2n) is 4.77. The molecule has 0 saturated carbocycles. The summed E-state index contributed by atoms with van der Waals surface area (Å²) in [5, 5.41) is 4.52. The molecule has 0 fully saturated rings. The van der Waals surface area contributed by atoms with Gasteiger partial charge in [0.25, 0.3) is 0 Å². The first-order valence-electron chi connectivity index (χ1n) is 6.53. The smallest absolute Gasteiger partial charge is 0.130 e. The Balaban J connectivity index is 3.03. The van der Waals surface area contributed by atoms with Crippen LogP contribution in [0.1, 0.15) is 25.1 Å². The number of nitrogens with zero attached hydrogens (tertiary/aromatic N) is 3. The lowest BCUT2D eigenvalue weighted by Crippen LogP contribution is -2.30. The highest BCUT2D eigenvalue weighted by atomic mass is 16.5. The fraction of sp³-hybridized carbons (Fsp3) is 0.769. The van der Waals surface area contributed by atoms with Crippen LogP contribution < -0.4 is 10.6 Å². The Morgan fingerprint density at radius 1 is 1.50 bits per heavy atom. The van der Waals surface area contributed by atoms with Gasteiger partial charge in [0.2, 0.25) is 0 Å². The van der Waals surface area contributed by atoms with Crippen LogP contribution in [0.15, 0.2) is 0 Å². The molecule has 0 amide bonds. The first-order valence-corrected chi connectivity index (χ1v) is 6.53. The van der Waals surface area contributed by atoms with Gasteiger partial charge in [-0.2, -0.15) is 5.10 Å². The molecule has 1 unspecified atom stereocenters. The number of aromatic nitrogens is 2. The van der Waals surface area contributed by atoms with Gasteiger partial charge < -0.3 is 15.4 Å². The first kappa shape index (κ1) is 15.0. The minimum absolute atomic E-state index is 0.146. The minimum atomic E-state index is 0.146. The number of anilines is 1. The lowest BCUT2D eigenvalue weighted by atomic mass is 10.1. The average Bonchev–Trinajstić information content (AvgIpc) is 2.56. The molecule has 0 aliphatic carbocycles. The van der Waals surface area contributed by atoms with Crippen LogP contribution in [-0.4, -0.2) is 42.6 Å². The highest BCUT2D eigenvalue weighted by Gasteiger charge is 2.19. The predicted octanol–water partition coefficient (Wildman–Crippen LogP) is 1.09. The Hall–Kier alpha value is -1.07. The first-order chi connectivity index (χ1) is 8.51. The molecule has 0 bridgehead atoms. The molecule has 0 radical (unpaired) electrons. The molecule has 1 aromatic heterocycles. The van der Waals surface area contributed by atoms with Crippen LogP contribution in [-0.2, 0) is 18.2 Å². The molecule has 18 heavy (non-hydrogen) atoms. The zero-order valence-electron chi connectivity index (χ0n) is 12.2. The van der Waals surface area contributed by atoms with E-state index in [-0.39, 0.29) is 6.04 Å². The van der Waals surface area contributed by atoms with E-state index in [1.807, 2.05) is 25.6 Å². The van der Waals surface area contributed by atoms with E-state index in [0.717, 1.165) is 31.8 Å². The zero-order valence-corrected chi connectivity index (χ0v) is 12.2. The molecule has 1 aromatic rings. The molecule has 5 nitrogen and oxygen atoms in total. The van der Waals surface area contributed by atoms with Crippen LogP contribution in [0.3, 0.4) is 0 Å². The molecule has 2 N–H and O–H groups in total. The lowest BCUT2D eigenvalue weighted by Gasteiger charge is -2.24. The van der Waals surface area contributed by atoms with Gasteiger partial charge in [0.05, 0.1) is 12.3 Å². The van der Waals surface area contributed by atoms with Crippen LogP contribution in [0.25, 0.3) is 0 Å². The van der Waals surface area contributed by atoms with E-state index in [1.165, 1.54) is 11.4 Å². The number of likely N-dealkylation sites (N-methyl/N-ethyl adjacent to an activating group) is 1. The summed E-state index contributed by atoms with van der Waals surface area (Å²) in [6.45, 7) is 8.75. The fourth-order valence-corrected chi connectivity index (χ4v) is 2.26. The second-order valence-corrected chi connectivity index (χ2v) is 4.77. The maximum absolute atomic E-state index is 5.93. The minimum Gasteiger partial charge on any atom is -0.383 e. The average molecular weight is 254 g/mol. The van der Waals surface area contributed by atoms with Crippen LogP contribution in [0.2, 0.25) is 0 Å². The van der Waals surface area contributed by atoms with Crippen LogP contribution in [0.5, 0.6) is 0 Å². The summed E-state index contributed by atoms with van der Waals surface area (Å²) in [6.07, 6.45) is 0.860. The molecule has 0 saturated heterocycles. The number of hydrogen-bond acceptors (Lipinski definition) is 4. The third-order valence-electron chi connectivity index (χ3n) is 3.09. The lowest BCUT2D eigenvalue weighted by molar-refractivity contribution is 0.205. The molecule has 0 aromatic carbocycles. The Bertz CT molecular complexity index is 373. The van der Waals surface area contributed by atoms with Crippen molar-refractivity contribution in [3.8, 4) is 0 Å². The normalized spacial score (nSPS) is 12.8. The summed E-state index contributed by atoms with van der Waals surface area (Å²) < 4.78 is 7.12. The van der Waals surface area contributed by atoms with Gasteiger partial charge in [-0.25, -0.2) is 0 Å². The topological polar surface area (TPSA) is 56.3 Å². The molecule has 1 rings (SSSR count). The van der Waals surface area contributed by atoms with Crippen molar-refractivity contribution in [1.29, 1.82) is 0 Å². The summed E-state index contributed by atoms with van der Waals surface area (Å²) in [7, 11) is 3.72. The van der Waals surface area contributed by atoms with Crippen molar-refractivity contribution >= 4 is 5.82 Å². The Morgan fingerprint density at radius 3 is 2.67 bits per heavy atom. The molecule has 0 aliphatic rings. The number of rotatable bonds is 7. The third kappa shape index (κ3) is 3.46. The van der Waals surface area contributed by atoms with E-state index in [9.17, 15) is 0 Å². The number of ether oxygens (including phenoxy) is 1. The monoisotopic (exact) mass is 254 g/mol. The molecule has 1 heterocycles. The third-order valence-corrected chi connectivity index (χ3v) is 3.09. The molecule has 0 aliphatic heterocycles. The molecule has 5 heteroatoms. The quantitative estimate of drug-likeness (QED) is 0.791.